The molecule has 7 heteroatoms. The van der Waals surface area contributed by atoms with Crippen LogP contribution < -0.4 is 5.32 Å². The number of oxime groups is 1. The molecule has 3 aromatic rings. The number of amides is 1. The molecule has 0 fully saturated rings. The number of rotatable bonds is 4. The van der Waals surface area contributed by atoms with E-state index in [-0.39, 0.29) is 12.0 Å². The van der Waals surface area contributed by atoms with Gasteiger partial charge in [-0.15, -0.1) is 0 Å². The summed E-state index contributed by atoms with van der Waals surface area (Å²) in [5, 5.41) is 12.2. The van der Waals surface area contributed by atoms with Crippen LogP contribution in [0.5, 0.6) is 0 Å². The van der Waals surface area contributed by atoms with Crippen LogP contribution in [0.15, 0.2) is 59.8 Å². The zero-order valence-electron chi connectivity index (χ0n) is 15.5. The van der Waals surface area contributed by atoms with Gasteiger partial charge in [0, 0.05) is 24.2 Å². The Morgan fingerprint density at radius 2 is 1.96 bits per heavy atom. The van der Waals surface area contributed by atoms with E-state index in [1.54, 1.807) is 17.8 Å². The molecule has 4 rings (SSSR count). The molecule has 2 aromatic carbocycles. The minimum absolute atomic E-state index is 0.182. The average Bonchev–Trinajstić information content (AvgIpc) is 3.31. The van der Waals surface area contributed by atoms with Gasteiger partial charge in [-0.05, 0) is 42.3 Å². The van der Waals surface area contributed by atoms with Crippen LogP contribution in [0.2, 0.25) is 5.02 Å². The third-order valence-electron chi connectivity index (χ3n) is 4.71. The summed E-state index contributed by atoms with van der Waals surface area (Å²) in [5.74, 6) is -0.218. The molecule has 0 aliphatic carbocycles. The Bertz CT molecular complexity index is 1060. The maximum Gasteiger partial charge on any atom is 0.273 e. The molecular formula is C21H19ClN4O2. The lowest BCUT2D eigenvalue weighted by atomic mass is 10.0. The van der Waals surface area contributed by atoms with Gasteiger partial charge in [0.05, 0.1) is 0 Å². The predicted octanol–water partition coefficient (Wildman–Crippen LogP) is 4.50. The predicted molar refractivity (Wildman–Crippen MR) is 109 cm³/mol. The molecule has 1 aromatic heterocycles. The molecule has 28 heavy (non-hydrogen) atoms. The van der Waals surface area contributed by atoms with Crippen molar-refractivity contribution in [1.82, 2.24) is 9.78 Å². The largest absolute Gasteiger partial charge is 0.387 e. The highest BCUT2D eigenvalue weighted by Crippen LogP contribution is 2.30. The first kappa shape index (κ1) is 18.3. The number of hydrogen-bond donors (Lipinski definition) is 1. The molecule has 1 unspecified atom stereocenters. The number of carbonyl (C=O) groups is 1. The number of aromatic nitrogens is 2. The lowest BCUT2D eigenvalue weighted by molar-refractivity contribution is 0.0857. The number of para-hydroxylation sites is 1. The first-order valence-corrected chi connectivity index (χ1v) is 9.28. The van der Waals surface area contributed by atoms with E-state index in [9.17, 15) is 4.79 Å². The zero-order chi connectivity index (χ0) is 19.7. The van der Waals surface area contributed by atoms with Crippen LogP contribution in [0.25, 0.3) is 0 Å². The molecule has 1 atom stereocenters. The van der Waals surface area contributed by atoms with Crippen molar-refractivity contribution < 1.29 is 9.63 Å². The summed E-state index contributed by atoms with van der Waals surface area (Å²) in [7, 11) is 1.74. The fourth-order valence-corrected chi connectivity index (χ4v) is 3.23. The van der Waals surface area contributed by atoms with Gasteiger partial charge in [0.25, 0.3) is 5.91 Å². The normalized spacial score (nSPS) is 15.8. The second kappa shape index (κ2) is 7.48. The van der Waals surface area contributed by atoms with Crippen molar-refractivity contribution in [2.24, 2.45) is 12.2 Å². The summed E-state index contributed by atoms with van der Waals surface area (Å²) >= 11 is 5.94. The van der Waals surface area contributed by atoms with Gasteiger partial charge in [0.15, 0.2) is 6.10 Å². The highest BCUT2D eigenvalue weighted by molar-refractivity contribution is 6.30. The minimum atomic E-state index is -0.218. The SMILES string of the molecule is Cc1ccccc1NC(=O)c1cc(C2=NOC(c3ccc(Cl)cc3)C2)nn1C. The second-order valence-corrected chi connectivity index (χ2v) is 7.13. The smallest absolute Gasteiger partial charge is 0.273 e. The Balaban J connectivity index is 1.49. The van der Waals surface area contributed by atoms with Crippen molar-refractivity contribution >= 4 is 28.9 Å². The van der Waals surface area contributed by atoms with Gasteiger partial charge in [-0.1, -0.05) is 47.1 Å². The van der Waals surface area contributed by atoms with E-state index in [2.05, 4.69) is 15.6 Å². The fraction of sp³-hybridized carbons (Fsp3) is 0.190. The van der Waals surface area contributed by atoms with E-state index in [4.69, 9.17) is 16.4 Å². The van der Waals surface area contributed by atoms with Crippen LogP contribution in [-0.2, 0) is 11.9 Å². The molecule has 0 saturated carbocycles. The quantitative estimate of drug-likeness (QED) is 0.708. The Morgan fingerprint density at radius 1 is 1.21 bits per heavy atom. The van der Waals surface area contributed by atoms with Gasteiger partial charge in [-0.25, -0.2) is 0 Å². The second-order valence-electron chi connectivity index (χ2n) is 6.70. The summed E-state index contributed by atoms with van der Waals surface area (Å²) in [6, 6.07) is 16.9. The summed E-state index contributed by atoms with van der Waals surface area (Å²) in [6.45, 7) is 1.95. The third-order valence-corrected chi connectivity index (χ3v) is 4.96. The van der Waals surface area contributed by atoms with Crippen LogP contribution in [0.4, 0.5) is 5.69 Å². The third kappa shape index (κ3) is 3.64. The van der Waals surface area contributed by atoms with Crippen LogP contribution in [-0.4, -0.2) is 21.4 Å². The zero-order valence-corrected chi connectivity index (χ0v) is 16.3. The molecule has 1 aliphatic rings. The number of carbonyl (C=O) groups excluding carboxylic acids is 1. The standard InChI is InChI=1S/C21H19ClN4O2/c1-13-5-3-4-6-16(13)23-21(27)19-11-17(24-26(19)2)18-12-20(28-25-18)14-7-9-15(22)10-8-14/h3-11,20H,12H2,1-2H3,(H,23,27). The average molecular weight is 395 g/mol. The summed E-state index contributed by atoms with van der Waals surface area (Å²) < 4.78 is 1.56. The Labute approximate surface area is 167 Å². The van der Waals surface area contributed by atoms with E-state index < -0.39 is 0 Å². The summed E-state index contributed by atoms with van der Waals surface area (Å²) in [4.78, 5) is 18.2. The van der Waals surface area contributed by atoms with Crippen LogP contribution >= 0.6 is 11.6 Å². The molecule has 0 spiro atoms. The Kier molecular flexibility index (Phi) is 4.88. The number of anilines is 1. The molecule has 0 bridgehead atoms. The molecule has 0 radical (unpaired) electrons. The van der Waals surface area contributed by atoms with Crippen molar-refractivity contribution in [3.05, 3.63) is 82.1 Å². The molecule has 1 N–H and O–H groups in total. The topological polar surface area (TPSA) is 68.5 Å². The van der Waals surface area contributed by atoms with Crippen molar-refractivity contribution in [3.63, 3.8) is 0 Å². The van der Waals surface area contributed by atoms with Crippen LogP contribution in [0, 0.1) is 6.92 Å². The maximum absolute atomic E-state index is 12.7. The van der Waals surface area contributed by atoms with Crippen molar-refractivity contribution in [2.75, 3.05) is 5.32 Å². The molecular weight excluding hydrogens is 376 g/mol. The van der Waals surface area contributed by atoms with E-state index in [1.807, 2.05) is 55.5 Å². The van der Waals surface area contributed by atoms with Crippen LogP contribution in [0.1, 0.15) is 39.8 Å². The monoisotopic (exact) mass is 394 g/mol. The first-order valence-electron chi connectivity index (χ1n) is 8.91. The maximum atomic E-state index is 12.7. The van der Waals surface area contributed by atoms with E-state index in [0.29, 0.717) is 28.5 Å². The number of aryl methyl sites for hydroxylation is 2. The first-order chi connectivity index (χ1) is 13.5. The number of nitrogens with one attached hydrogen (secondary N) is 1. The minimum Gasteiger partial charge on any atom is -0.387 e. The summed E-state index contributed by atoms with van der Waals surface area (Å²) in [6.07, 6.45) is 0.399. The van der Waals surface area contributed by atoms with Gasteiger partial charge in [-0.3, -0.25) is 9.48 Å². The number of benzene rings is 2. The lowest BCUT2D eigenvalue weighted by Crippen LogP contribution is -2.16. The van der Waals surface area contributed by atoms with Gasteiger partial charge < -0.3 is 10.2 Å². The lowest BCUT2D eigenvalue weighted by Gasteiger charge is -2.07. The highest BCUT2D eigenvalue weighted by Gasteiger charge is 2.27. The molecule has 1 aliphatic heterocycles. The van der Waals surface area contributed by atoms with Gasteiger partial charge in [0.1, 0.15) is 17.1 Å². The number of halogens is 1. The van der Waals surface area contributed by atoms with Gasteiger partial charge in [0.2, 0.25) is 0 Å². The molecule has 6 nitrogen and oxygen atoms in total. The van der Waals surface area contributed by atoms with E-state index >= 15 is 0 Å². The molecule has 2 heterocycles. The highest BCUT2D eigenvalue weighted by atomic mass is 35.5. The van der Waals surface area contributed by atoms with Gasteiger partial charge in [-0.2, -0.15) is 5.10 Å². The van der Waals surface area contributed by atoms with Crippen molar-refractivity contribution in [1.29, 1.82) is 0 Å². The molecule has 142 valence electrons. The van der Waals surface area contributed by atoms with Crippen LogP contribution in [0.3, 0.4) is 0 Å². The Hall–Kier alpha value is -3.12. The van der Waals surface area contributed by atoms with Crippen molar-refractivity contribution in [2.45, 2.75) is 19.4 Å². The fourth-order valence-electron chi connectivity index (χ4n) is 3.11. The molecule has 1 amide bonds. The van der Waals surface area contributed by atoms with Crippen molar-refractivity contribution in [3.8, 4) is 0 Å². The summed E-state index contributed by atoms with van der Waals surface area (Å²) in [5.41, 5.74) is 4.57. The molecule has 0 saturated heterocycles. The number of hydrogen-bond acceptors (Lipinski definition) is 4. The number of nitrogens with zero attached hydrogens (tertiary/aromatic N) is 3. The van der Waals surface area contributed by atoms with Gasteiger partial charge >= 0.3 is 0 Å². The van der Waals surface area contributed by atoms with E-state index in [0.717, 1.165) is 16.8 Å². The Morgan fingerprint density at radius 3 is 2.71 bits per heavy atom. The van der Waals surface area contributed by atoms with E-state index in [1.165, 1.54) is 0 Å².